The number of benzene rings is 1. The van der Waals surface area contributed by atoms with Crippen LogP contribution < -0.4 is 5.32 Å². The van der Waals surface area contributed by atoms with Gasteiger partial charge in [0.15, 0.2) is 0 Å². The number of thiophene rings is 1. The zero-order valence-corrected chi connectivity index (χ0v) is 15.2. The van der Waals surface area contributed by atoms with Gasteiger partial charge in [-0.1, -0.05) is 23.7 Å². The number of ether oxygens (including phenoxy) is 1. The molecule has 1 aliphatic heterocycles. The lowest BCUT2D eigenvalue weighted by Gasteiger charge is -2.25. The van der Waals surface area contributed by atoms with E-state index >= 15 is 0 Å². The number of rotatable bonds is 5. The Labute approximate surface area is 151 Å². The lowest BCUT2D eigenvalue weighted by molar-refractivity contribution is 0.0821. The van der Waals surface area contributed by atoms with Crippen molar-refractivity contribution in [2.24, 2.45) is 0 Å². The van der Waals surface area contributed by atoms with Gasteiger partial charge in [-0.3, -0.25) is 0 Å². The van der Waals surface area contributed by atoms with Gasteiger partial charge in [0.2, 0.25) is 0 Å². The molecule has 1 aromatic heterocycles. The van der Waals surface area contributed by atoms with Crippen LogP contribution in [0.25, 0.3) is 0 Å². The summed E-state index contributed by atoms with van der Waals surface area (Å²) in [5.74, 6) is 0. The fourth-order valence-electron chi connectivity index (χ4n) is 2.72. The Morgan fingerprint density at radius 2 is 2.33 bits per heavy atom. The largest absolute Gasteiger partial charge is 0.376 e. The van der Waals surface area contributed by atoms with Gasteiger partial charge in [0.05, 0.1) is 12.6 Å². The Morgan fingerprint density at radius 1 is 1.46 bits per heavy atom. The Hall–Kier alpha value is -1.56. The second-order valence-electron chi connectivity index (χ2n) is 5.99. The maximum atomic E-state index is 12.7. The van der Waals surface area contributed by atoms with Crippen LogP contribution in [0, 0.1) is 6.92 Å². The molecule has 0 aliphatic carbocycles. The maximum Gasteiger partial charge on any atom is 0.322 e. The molecule has 2 heterocycles. The smallest absolute Gasteiger partial charge is 0.322 e. The normalized spacial score (nSPS) is 17.0. The van der Waals surface area contributed by atoms with Crippen molar-refractivity contribution in [3.8, 4) is 0 Å². The Bertz CT molecular complexity index is 684. The van der Waals surface area contributed by atoms with Gasteiger partial charge in [-0.25, -0.2) is 4.79 Å². The first kappa shape index (κ1) is 17.3. The topological polar surface area (TPSA) is 41.6 Å². The number of nitrogens with zero attached hydrogens (tertiary/aromatic N) is 1. The third-order valence-electron chi connectivity index (χ3n) is 4.09. The predicted molar refractivity (Wildman–Crippen MR) is 98.9 cm³/mol. The Morgan fingerprint density at radius 3 is 3.00 bits per heavy atom. The standard InChI is InChI=1S/C18H21ClN2O2S/c1-13-6-7-14(10-17(13)19)20-18(22)21(11-15-4-2-8-23-15)12-16-5-3-9-24-16/h3,5-7,9-10,15H,2,4,8,11-12H2,1H3,(H,20,22)/t15-/m0/s1. The number of urea groups is 1. The van der Waals surface area contributed by atoms with Crippen LogP contribution in [0.2, 0.25) is 5.02 Å². The SMILES string of the molecule is Cc1ccc(NC(=O)N(Cc2cccs2)C[C@@H]2CCCO2)cc1Cl. The summed E-state index contributed by atoms with van der Waals surface area (Å²) in [4.78, 5) is 15.7. The quantitative estimate of drug-likeness (QED) is 0.817. The van der Waals surface area contributed by atoms with Gasteiger partial charge < -0.3 is 15.0 Å². The highest BCUT2D eigenvalue weighted by atomic mass is 35.5. The van der Waals surface area contributed by atoms with Crippen molar-refractivity contribution in [1.82, 2.24) is 4.90 Å². The van der Waals surface area contributed by atoms with Crippen LogP contribution in [0.4, 0.5) is 10.5 Å². The van der Waals surface area contributed by atoms with Crippen LogP contribution in [0.15, 0.2) is 35.7 Å². The van der Waals surface area contributed by atoms with Gasteiger partial charge in [0.1, 0.15) is 0 Å². The zero-order chi connectivity index (χ0) is 16.9. The predicted octanol–water partition coefficient (Wildman–Crippen LogP) is 4.92. The number of amides is 2. The van der Waals surface area contributed by atoms with E-state index in [1.165, 1.54) is 0 Å². The number of carbonyl (C=O) groups is 1. The number of anilines is 1. The highest BCUT2D eigenvalue weighted by Gasteiger charge is 2.23. The van der Waals surface area contributed by atoms with Crippen molar-refractivity contribution in [3.63, 3.8) is 0 Å². The Balaban J connectivity index is 1.70. The average molecular weight is 365 g/mol. The molecule has 24 heavy (non-hydrogen) atoms. The molecule has 1 aromatic carbocycles. The molecular formula is C18H21ClN2O2S. The fourth-order valence-corrected chi connectivity index (χ4v) is 3.62. The van der Waals surface area contributed by atoms with Gasteiger partial charge in [0, 0.05) is 28.7 Å². The minimum Gasteiger partial charge on any atom is -0.376 e. The zero-order valence-electron chi connectivity index (χ0n) is 13.6. The molecule has 128 valence electrons. The van der Waals surface area contributed by atoms with Crippen molar-refractivity contribution in [2.45, 2.75) is 32.4 Å². The van der Waals surface area contributed by atoms with E-state index in [9.17, 15) is 4.79 Å². The number of hydrogen-bond acceptors (Lipinski definition) is 3. The van der Waals surface area contributed by atoms with Crippen LogP contribution in [0.3, 0.4) is 0 Å². The number of carbonyl (C=O) groups excluding carboxylic acids is 1. The molecule has 6 heteroatoms. The second kappa shape index (κ2) is 8.01. The molecule has 1 aliphatic rings. The van der Waals surface area contributed by atoms with Gasteiger partial charge in [-0.15, -0.1) is 11.3 Å². The van der Waals surface area contributed by atoms with Crippen molar-refractivity contribution in [3.05, 3.63) is 51.2 Å². The van der Waals surface area contributed by atoms with Crippen molar-refractivity contribution in [1.29, 1.82) is 0 Å². The first-order valence-corrected chi connectivity index (χ1v) is 9.33. The molecule has 1 N–H and O–H groups in total. The minimum absolute atomic E-state index is 0.123. The summed E-state index contributed by atoms with van der Waals surface area (Å²) in [6.07, 6.45) is 2.19. The van der Waals surface area contributed by atoms with Crippen LogP contribution >= 0.6 is 22.9 Å². The average Bonchev–Trinajstić information content (AvgIpc) is 3.24. The summed E-state index contributed by atoms with van der Waals surface area (Å²) in [6, 6.07) is 9.48. The van der Waals surface area contributed by atoms with Crippen LogP contribution in [-0.2, 0) is 11.3 Å². The third-order valence-corrected chi connectivity index (χ3v) is 5.35. The van der Waals surface area contributed by atoms with Crippen molar-refractivity contribution in [2.75, 3.05) is 18.5 Å². The summed E-state index contributed by atoms with van der Waals surface area (Å²) >= 11 is 7.80. The first-order chi connectivity index (χ1) is 11.6. The van der Waals surface area contributed by atoms with Gasteiger partial charge in [0.25, 0.3) is 0 Å². The highest BCUT2D eigenvalue weighted by molar-refractivity contribution is 7.09. The molecule has 1 fully saturated rings. The highest BCUT2D eigenvalue weighted by Crippen LogP contribution is 2.22. The van der Waals surface area contributed by atoms with E-state index in [0.29, 0.717) is 23.8 Å². The molecule has 0 unspecified atom stereocenters. The number of halogens is 1. The van der Waals surface area contributed by atoms with E-state index in [0.717, 1.165) is 29.9 Å². The summed E-state index contributed by atoms with van der Waals surface area (Å²) < 4.78 is 5.70. The third kappa shape index (κ3) is 4.50. The van der Waals surface area contributed by atoms with E-state index in [4.69, 9.17) is 16.3 Å². The summed E-state index contributed by atoms with van der Waals surface area (Å²) in [5.41, 5.74) is 1.70. The lowest BCUT2D eigenvalue weighted by atomic mass is 10.2. The number of aryl methyl sites for hydroxylation is 1. The summed E-state index contributed by atoms with van der Waals surface area (Å²) in [7, 11) is 0. The molecule has 0 radical (unpaired) electrons. The molecule has 0 saturated carbocycles. The molecule has 1 saturated heterocycles. The maximum absolute atomic E-state index is 12.7. The lowest BCUT2D eigenvalue weighted by Crippen LogP contribution is -2.39. The minimum atomic E-state index is -0.126. The molecule has 3 rings (SSSR count). The fraction of sp³-hybridized carbons (Fsp3) is 0.389. The van der Waals surface area contributed by atoms with E-state index in [-0.39, 0.29) is 12.1 Å². The van der Waals surface area contributed by atoms with Crippen molar-refractivity contribution >= 4 is 34.7 Å². The summed E-state index contributed by atoms with van der Waals surface area (Å²) in [6.45, 7) is 3.91. The molecule has 2 amide bonds. The molecule has 0 spiro atoms. The number of nitrogens with one attached hydrogen (secondary N) is 1. The van der Waals surface area contributed by atoms with Gasteiger partial charge in [-0.05, 0) is 48.9 Å². The monoisotopic (exact) mass is 364 g/mol. The van der Waals surface area contributed by atoms with Crippen molar-refractivity contribution < 1.29 is 9.53 Å². The molecule has 0 bridgehead atoms. The van der Waals surface area contributed by atoms with E-state index in [1.807, 2.05) is 41.5 Å². The van der Waals surface area contributed by atoms with Crippen LogP contribution in [0.1, 0.15) is 23.3 Å². The van der Waals surface area contributed by atoms with Crippen LogP contribution in [-0.4, -0.2) is 30.2 Å². The van der Waals surface area contributed by atoms with E-state index < -0.39 is 0 Å². The van der Waals surface area contributed by atoms with Gasteiger partial charge >= 0.3 is 6.03 Å². The Kier molecular flexibility index (Phi) is 5.76. The number of hydrogen-bond donors (Lipinski definition) is 1. The second-order valence-corrected chi connectivity index (χ2v) is 7.43. The first-order valence-electron chi connectivity index (χ1n) is 8.08. The molecule has 4 nitrogen and oxygen atoms in total. The molecular weight excluding hydrogens is 344 g/mol. The van der Waals surface area contributed by atoms with Gasteiger partial charge in [-0.2, -0.15) is 0 Å². The molecule has 1 atom stereocenters. The van der Waals surface area contributed by atoms with Crippen LogP contribution in [0.5, 0.6) is 0 Å². The van der Waals surface area contributed by atoms with E-state index in [1.54, 1.807) is 17.4 Å². The summed E-state index contributed by atoms with van der Waals surface area (Å²) in [5, 5.41) is 5.62. The molecule has 2 aromatic rings. The van der Waals surface area contributed by atoms with E-state index in [2.05, 4.69) is 5.32 Å².